The molecular weight excluding hydrogens is 384 g/mol. The van der Waals surface area contributed by atoms with Crippen molar-refractivity contribution in [1.29, 1.82) is 0 Å². The Balaban J connectivity index is 1.66. The van der Waals surface area contributed by atoms with Crippen molar-refractivity contribution in [3.05, 3.63) is 70.7 Å². The Bertz CT molecular complexity index is 884. The van der Waals surface area contributed by atoms with E-state index in [4.69, 9.17) is 4.74 Å². The Kier molecular flexibility index (Phi) is 5.25. The highest BCUT2D eigenvalue weighted by atomic mass is 79.9. The van der Waals surface area contributed by atoms with E-state index in [1.54, 1.807) is 43.5 Å². The molecule has 1 amide bonds. The summed E-state index contributed by atoms with van der Waals surface area (Å²) in [5.74, 6) is 1.29. The minimum Gasteiger partial charge on any atom is -0.497 e. The second-order valence-electron chi connectivity index (χ2n) is 5.13. The van der Waals surface area contributed by atoms with Crippen molar-refractivity contribution < 1.29 is 9.53 Å². The molecule has 0 atom stereocenters. The molecule has 0 saturated carbocycles. The van der Waals surface area contributed by atoms with Crippen molar-refractivity contribution in [2.45, 2.75) is 0 Å². The number of anilines is 3. The number of nitrogens with one attached hydrogen (secondary N) is 2. The van der Waals surface area contributed by atoms with E-state index in [0.717, 1.165) is 10.2 Å². The van der Waals surface area contributed by atoms with E-state index in [1.165, 1.54) is 0 Å². The predicted octanol–water partition coefficient (Wildman–Crippen LogP) is 4.24. The lowest BCUT2D eigenvalue weighted by atomic mass is 10.2. The lowest BCUT2D eigenvalue weighted by molar-refractivity contribution is 0.102. The Morgan fingerprint density at radius 1 is 1.00 bits per heavy atom. The number of ether oxygens (including phenoxy) is 1. The maximum atomic E-state index is 12.2. The van der Waals surface area contributed by atoms with Crippen LogP contribution in [-0.4, -0.2) is 23.2 Å². The first kappa shape index (κ1) is 16.9. The van der Waals surface area contributed by atoms with Crippen molar-refractivity contribution >= 4 is 39.2 Å². The molecule has 0 spiro atoms. The van der Waals surface area contributed by atoms with E-state index in [-0.39, 0.29) is 5.91 Å². The summed E-state index contributed by atoms with van der Waals surface area (Å²) in [4.78, 5) is 12.2. The van der Waals surface area contributed by atoms with E-state index in [9.17, 15) is 4.79 Å². The fraction of sp³-hybridized carbons (Fsp3) is 0.0556. The number of hydrogen-bond donors (Lipinski definition) is 2. The van der Waals surface area contributed by atoms with E-state index in [2.05, 4.69) is 36.8 Å². The molecule has 1 heterocycles. The summed E-state index contributed by atoms with van der Waals surface area (Å²) in [6.07, 6.45) is 0. The zero-order valence-corrected chi connectivity index (χ0v) is 14.9. The summed E-state index contributed by atoms with van der Waals surface area (Å²) in [5.41, 5.74) is 1.37. The van der Waals surface area contributed by atoms with Gasteiger partial charge in [-0.25, -0.2) is 0 Å². The van der Waals surface area contributed by atoms with Crippen LogP contribution in [0.4, 0.5) is 17.3 Å². The minimum atomic E-state index is -0.277. The number of methoxy groups -OCH3 is 1. The van der Waals surface area contributed by atoms with Crippen molar-refractivity contribution in [3.63, 3.8) is 0 Å². The van der Waals surface area contributed by atoms with Crippen LogP contribution in [0.3, 0.4) is 0 Å². The number of rotatable bonds is 5. The van der Waals surface area contributed by atoms with Crippen LogP contribution in [0.15, 0.2) is 65.1 Å². The summed E-state index contributed by atoms with van der Waals surface area (Å²) < 4.78 is 6.08. The van der Waals surface area contributed by atoms with Gasteiger partial charge >= 0.3 is 0 Å². The molecule has 6 nitrogen and oxygen atoms in total. The second kappa shape index (κ2) is 7.76. The smallest absolute Gasteiger partial charge is 0.256 e. The van der Waals surface area contributed by atoms with Gasteiger partial charge in [0, 0.05) is 15.7 Å². The maximum absolute atomic E-state index is 12.2. The summed E-state index contributed by atoms with van der Waals surface area (Å²) in [5, 5.41) is 13.9. The number of carbonyl (C=O) groups is 1. The number of aromatic nitrogens is 2. The zero-order valence-electron chi connectivity index (χ0n) is 13.4. The van der Waals surface area contributed by atoms with Crippen LogP contribution < -0.4 is 15.4 Å². The molecule has 0 aliphatic rings. The van der Waals surface area contributed by atoms with Gasteiger partial charge in [-0.2, -0.15) is 0 Å². The molecule has 126 valence electrons. The minimum absolute atomic E-state index is 0.277. The molecule has 0 fully saturated rings. The number of hydrogen-bond acceptors (Lipinski definition) is 5. The number of carbonyl (C=O) groups excluding carboxylic acids is 1. The third-order valence-electron chi connectivity index (χ3n) is 3.34. The van der Waals surface area contributed by atoms with Gasteiger partial charge in [-0.05, 0) is 48.5 Å². The molecule has 0 radical (unpaired) electrons. The van der Waals surface area contributed by atoms with Gasteiger partial charge in [0.15, 0.2) is 11.6 Å². The summed E-state index contributed by atoms with van der Waals surface area (Å²) >= 11 is 3.41. The third kappa shape index (κ3) is 4.54. The van der Waals surface area contributed by atoms with E-state index >= 15 is 0 Å². The van der Waals surface area contributed by atoms with E-state index in [0.29, 0.717) is 22.9 Å². The highest BCUT2D eigenvalue weighted by molar-refractivity contribution is 9.10. The first-order valence-corrected chi connectivity index (χ1v) is 8.25. The molecule has 0 aliphatic heterocycles. The molecule has 1 aromatic heterocycles. The molecule has 0 aliphatic carbocycles. The van der Waals surface area contributed by atoms with Gasteiger partial charge in [0.05, 0.1) is 7.11 Å². The molecule has 3 rings (SSSR count). The third-order valence-corrected chi connectivity index (χ3v) is 3.83. The van der Waals surface area contributed by atoms with Gasteiger partial charge in [-0.15, -0.1) is 10.2 Å². The molecule has 0 unspecified atom stereocenters. The highest BCUT2D eigenvalue weighted by Gasteiger charge is 2.08. The molecule has 0 saturated heterocycles. The normalized spacial score (nSPS) is 10.2. The fourth-order valence-electron chi connectivity index (χ4n) is 2.13. The molecule has 3 aromatic rings. The fourth-order valence-corrected chi connectivity index (χ4v) is 2.53. The van der Waals surface area contributed by atoms with Gasteiger partial charge in [-0.1, -0.05) is 28.1 Å². The Morgan fingerprint density at radius 2 is 1.76 bits per heavy atom. The quantitative estimate of drug-likeness (QED) is 0.671. The number of benzene rings is 2. The van der Waals surface area contributed by atoms with Crippen molar-refractivity contribution in [2.24, 2.45) is 0 Å². The van der Waals surface area contributed by atoms with Crippen molar-refractivity contribution in [2.75, 3.05) is 17.7 Å². The van der Waals surface area contributed by atoms with Gasteiger partial charge in [0.2, 0.25) is 0 Å². The Hall–Kier alpha value is -2.93. The summed E-state index contributed by atoms with van der Waals surface area (Å²) in [6.45, 7) is 0. The van der Waals surface area contributed by atoms with Crippen LogP contribution in [0, 0.1) is 0 Å². The first-order valence-electron chi connectivity index (χ1n) is 7.46. The van der Waals surface area contributed by atoms with Crippen LogP contribution in [0.5, 0.6) is 5.75 Å². The van der Waals surface area contributed by atoms with Crippen molar-refractivity contribution in [1.82, 2.24) is 10.2 Å². The molecule has 2 N–H and O–H groups in total. The molecule has 0 bridgehead atoms. The largest absolute Gasteiger partial charge is 0.497 e. The maximum Gasteiger partial charge on any atom is 0.256 e. The number of nitrogens with zero attached hydrogens (tertiary/aromatic N) is 2. The topological polar surface area (TPSA) is 76.1 Å². The molecular formula is C18H15BrN4O2. The van der Waals surface area contributed by atoms with E-state index < -0.39 is 0 Å². The van der Waals surface area contributed by atoms with Gasteiger partial charge in [-0.3, -0.25) is 4.79 Å². The van der Waals surface area contributed by atoms with Gasteiger partial charge in [0.25, 0.3) is 5.91 Å². The highest BCUT2D eigenvalue weighted by Crippen LogP contribution is 2.19. The van der Waals surface area contributed by atoms with Crippen LogP contribution in [-0.2, 0) is 0 Å². The lowest BCUT2D eigenvalue weighted by Gasteiger charge is -2.08. The number of halogens is 1. The zero-order chi connectivity index (χ0) is 17.6. The van der Waals surface area contributed by atoms with Crippen LogP contribution in [0.1, 0.15) is 10.4 Å². The molecule has 2 aromatic carbocycles. The van der Waals surface area contributed by atoms with Crippen molar-refractivity contribution in [3.8, 4) is 5.75 Å². The predicted molar refractivity (Wildman–Crippen MR) is 100 cm³/mol. The van der Waals surface area contributed by atoms with Crippen LogP contribution in [0.2, 0.25) is 0 Å². The average molecular weight is 399 g/mol. The molecule has 7 heteroatoms. The Labute approximate surface area is 153 Å². The van der Waals surface area contributed by atoms with Crippen LogP contribution >= 0.6 is 15.9 Å². The number of amides is 1. The summed E-state index contributed by atoms with van der Waals surface area (Å²) in [6, 6.07) is 18.0. The average Bonchev–Trinajstić information content (AvgIpc) is 2.63. The lowest BCUT2D eigenvalue weighted by Crippen LogP contribution is -2.13. The Morgan fingerprint density at radius 3 is 2.48 bits per heavy atom. The monoisotopic (exact) mass is 398 g/mol. The first-order chi connectivity index (χ1) is 12.1. The van der Waals surface area contributed by atoms with E-state index in [1.807, 2.05) is 24.3 Å². The standard InChI is InChI=1S/C18H15BrN4O2/c1-25-15-7-2-4-12(10-15)18(24)21-17-9-8-16(22-23-17)20-14-6-3-5-13(19)11-14/h2-11H,1H3,(H,20,22)(H,21,23,24). The van der Waals surface area contributed by atoms with Crippen LogP contribution in [0.25, 0.3) is 0 Å². The van der Waals surface area contributed by atoms with Gasteiger partial charge < -0.3 is 15.4 Å². The SMILES string of the molecule is COc1cccc(C(=O)Nc2ccc(Nc3cccc(Br)c3)nn2)c1. The second-order valence-corrected chi connectivity index (χ2v) is 6.04. The van der Waals surface area contributed by atoms with Gasteiger partial charge in [0.1, 0.15) is 5.75 Å². The summed E-state index contributed by atoms with van der Waals surface area (Å²) in [7, 11) is 1.56. The molecule has 25 heavy (non-hydrogen) atoms.